The predicted molar refractivity (Wildman–Crippen MR) is 78.6 cm³/mol. The van der Waals surface area contributed by atoms with Crippen molar-refractivity contribution in [1.82, 2.24) is 9.80 Å². The maximum atomic E-state index is 12.6. The zero-order valence-corrected chi connectivity index (χ0v) is 12.4. The number of nitrogens with two attached hydrogens (primary N) is 1. The van der Waals surface area contributed by atoms with Crippen LogP contribution in [0, 0.1) is 0 Å². The number of nitrogens with zero attached hydrogens (tertiary/aromatic N) is 2. The average molecular weight is 296 g/mol. The third kappa shape index (κ3) is 2.58. The highest BCUT2D eigenvalue weighted by Gasteiger charge is 2.36. The molecule has 0 bridgehead atoms. The van der Waals surface area contributed by atoms with Crippen molar-refractivity contribution >= 4 is 29.1 Å². The summed E-state index contributed by atoms with van der Waals surface area (Å²) in [6.07, 6.45) is 1.48. The van der Waals surface area contributed by atoms with E-state index in [0.717, 1.165) is 6.42 Å². The topological polar surface area (TPSA) is 66.6 Å². The van der Waals surface area contributed by atoms with Gasteiger partial charge < -0.3 is 15.5 Å². The van der Waals surface area contributed by atoms with Crippen molar-refractivity contribution in [1.29, 1.82) is 0 Å². The van der Waals surface area contributed by atoms with Crippen LogP contribution in [0.5, 0.6) is 0 Å². The van der Waals surface area contributed by atoms with Gasteiger partial charge in [-0.2, -0.15) is 0 Å². The van der Waals surface area contributed by atoms with Gasteiger partial charge in [0.2, 0.25) is 5.91 Å². The Morgan fingerprint density at radius 2 is 2.10 bits per heavy atom. The number of nitrogen functional groups attached to an aromatic ring is 1. The highest BCUT2D eigenvalue weighted by Crippen LogP contribution is 2.28. The minimum absolute atomic E-state index is 0.0681. The number of halogens is 1. The molecule has 0 saturated carbocycles. The molecule has 0 radical (unpaired) electrons. The van der Waals surface area contributed by atoms with Gasteiger partial charge in [0.1, 0.15) is 6.04 Å². The van der Waals surface area contributed by atoms with E-state index in [1.54, 1.807) is 37.2 Å². The highest BCUT2D eigenvalue weighted by molar-refractivity contribution is 6.34. The second-order valence-corrected chi connectivity index (χ2v) is 5.50. The zero-order valence-electron chi connectivity index (χ0n) is 11.6. The van der Waals surface area contributed by atoms with E-state index in [1.807, 2.05) is 0 Å². The molecule has 2 amide bonds. The van der Waals surface area contributed by atoms with E-state index in [0.29, 0.717) is 23.7 Å². The van der Waals surface area contributed by atoms with Gasteiger partial charge in [0.15, 0.2) is 0 Å². The van der Waals surface area contributed by atoms with Gasteiger partial charge in [-0.1, -0.05) is 17.7 Å². The fraction of sp³-hybridized carbons (Fsp3) is 0.429. The molecule has 108 valence electrons. The number of carbonyl (C=O) groups excluding carboxylic acids is 2. The van der Waals surface area contributed by atoms with Gasteiger partial charge in [0.05, 0.1) is 10.6 Å². The number of amides is 2. The van der Waals surface area contributed by atoms with E-state index in [9.17, 15) is 9.59 Å². The third-order valence-corrected chi connectivity index (χ3v) is 3.81. The lowest BCUT2D eigenvalue weighted by Crippen LogP contribution is -2.45. The molecule has 1 aromatic rings. The van der Waals surface area contributed by atoms with Crippen molar-refractivity contribution in [3.05, 3.63) is 28.8 Å². The van der Waals surface area contributed by atoms with Crippen LogP contribution >= 0.6 is 11.6 Å². The van der Waals surface area contributed by atoms with E-state index < -0.39 is 6.04 Å². The quantitative estimate of drug-likeness (QED) is 0.843. The van der Waals surface area contributed by atoms with E-state index in [4.69, 9.17) is 17.3 Å². The van der Waals surface area contributed by atoms with E-state index in [-0.39, 0.29) is 17.4 Å². The first-order valence-corrected chi connectivity index (χ1v) is 6.87. The molecule has 1 saturated heterocycles. The van der Waals surface area contributed by atoms with Crippen LogP contribution in [-0.4, -0.2) is 48.3 Å². The molecule has 1 heterocycles. The van der Waals surface area contributed by atoms with Crippen LogP contribution in [0.3, 0.4) is 0 Å². The fourth-order valence-corrected chi connectivity index (χ4v) is 2.74. The monoisotopic (exact) mass is 295 g/mol. The Balaban J connectivity index is 2.31. The van der Waals surface area contributed by atoms with Crippen molar-refractivity contribution in [3.8, 4) is 0 Å². The fourth-order valence-electron chi connectivity index (χ4n) is 2.47. The summed E-state index contributed by atoms with van der Waals surface area (Å²) in [6.45, 7) is 0.549. The second kappa shape index (κ2) is 5.71. The van der Waals surface area contributed by atoms with Crippen molar-refractivity contribution in [2.45, 2.75) is 18.9 Å². The molecule has 1 aliphatic rings. The Labute approximate surface area is 123 Å². The van der Waals surface area contributed by atoms with Gasteiger partial charge in [0.25, 0.3) is 5.91 Å². The first-order chi connectivity index (χ1) is 9.43. The van der Waals surface area contributed by atoms with Crippen LogP contribution in [0.15, 0.2) is 18.2 Å². The standard InChI is InChI=1S/C14H18ClN3O2/c1-17(2)13(19)11-7-4-8-18(11)14(20)12-9(15)5-3-6-10(12)16/h3,5-6,11H,4,7-8,16H2,1-2H3. The molecule has 0 aromatic heterocycles. The number of benzene rings is 1. The lowest BCUT2D eigenvalue weighted by atomic mass is 10.1. The van der Waals surface area contributed by atoms with Gasteiger partial charge >= 0.3 is 0 Å². The van der Waals surface area contributed by atoms with Crippen LogP contribution < -0.4 is 5.73 Å². The number of likely N-dealkylation sites (N-methyl/N-ethyl adjacent to an activating group) is 1. The summed E-state index contributed by atoms with van der Waals surface area (Å²) in [7, 11) is 3.38. The van der Waals surface area contributed by atoms with Gasteiger partial charge in [-0.15, -0.1) is 0 Å². The van der Waals surface area contributed by atoms with E-state index in [2.05, 4.69) is 0 Å². The molecular formula is C14H18ClN3O2. The molecule has 1 fully saturated rings. The molecule has 2 N–H and O–H groups in total. The molecule has 20 heavy (non-hydrogen) atoms. The van der Waals surface area contributed by atoms with E-state index >= 15 is 0 Å². The van der Waals surface area contributed by atoms with Crippen LogP contribution in [0.2, 0.25) is 5.02 Å². The second-order valence-electron chi connectivity index (χ2n) is 5.09. The Morgan fingerprint density at radius 3 is 2.70 bits per heavy atom. The number of anilines is 1. The Kier molecular flexibility index (Phi) is 4.18. The Bertz CT molecular complexity index is 525. The SMILES string of the molecule is CN(C)C(=O)C1CCCN1C(=O)c1c(N)cccc1Cl. The summed E-state index contributed by atoms with van der Waals surface area (Å²) in [5.41, 5.74) is 6.47. The average Bonchev–Trinajstić information content (AvgIpc) is 2.86. The summed E-state index contributed by atoms with van der Waals surface area (Å²) in [5.74, 6) is -0.340. The minimum Gasteiger partial charge on any atom is -0.398 e. The predicted octanol–water partition coefficient (Wildman–Crippen LogP) is 1.61. The van der Waals surface area contributed by atoms with Gasteiger partial charge in [-0.3, -0.25) is 9.59 Å². The maximum Gasteiger partial charge on any atom is 0.258 e. The molecule has 1 atom stereocenters. The molecule has 1 aliphatic heterocycles. The smallest absolute Gasteiger partial charge is 0.258 e. The number of carbonyl (C=O) groups is 2. The highest BCUT2D eigenvalue weighted by atomic mass is 35.5. The van der Waals surface area contributed by atoms with Crippen molar-refractivity contribution in [3.63, 3.8) is 0 Å². The van der Waals surface area contributed by atoms with Gasteiger partial charge in [0, 0.05) is 26.3 Å². The number of hydrogen-bond donors (Lipinski definition) is 1. The minimum atomic E-state index is -0.423. The maximum absolute atomic E-state index is 12.6. The Hall–Kier alpha value is -1.75. The molecule has 0 spiro atoms. The van der Waals surface area contributed by atoms with Crippen molar-refractivity contribution < 1.29 is 9.59 Å². The molecule has 1 unspecified atom stereocenters. The van der Waals surface area contributed by atoms with Crippen LogP contribution in [-0.2, 0) is 4.79 Å². The molecule has 5 nitrogen and oxygen atoms in total. The van der Waals surface area contributed by atoms with Crippen LogP contribution in [0.25, 0.3) is 0 Å². The first kappa shape index (κ1) is 14.7. The summed E-state index contributed by atoms with van der Waals surface area (Å²) >= 11 is 6.07. The van der Waals surface area contributed by atoms with Gasteiger partial charge in [-0.05, 0) is 25.0 Å². The lowest BCUT2D eigenvalue weighted by molar-refractivity contribution is -0.132. The Morgan fingerprint density at radius 1 is 1.40 bits per heavy atom. The zero-order chi connectivity index (χ0) is 14.9. The normalized spacial score (nSPS) is 18.1. The summed E-state index contributed by atoms with van der Waals surface area (Å²) in [4.78, 5) is 27.8. The summed E-state index contributed by atoms with van der Waals surface area (Å²) in [6, 6.07) is 4.54. The van der Waals surface area contributed by atoms with Crippen LogP contribution in [0.4, 0.5) is 5.69 Å². The molecule has 6 heteroatoms. The lowest BCUT2D eigenvalue weighted by Gasteiger charge is -2.27. The summed E-state index contributed by atoms with van der Waals surface area (Å²) in [5, 5.41) is 0.318. The number of rotatable bonds is 2. The molecule has 2 rings (SSSR count). The molecule has 0 aliphatic carbocycles. The van der Waals surface area contributed by atoms with Gasteiger partial charge in [-0.25, -0.2) is 0 Å². The molecule has 1 aromatic carbocycles. The first-order valence-electron chi connectivity index (χ1n) is 6.49. The number of hydrogen-bond acceptors (Lipinski definition) is 3. The van der Waals surface area contributed by atoms with Crippen molar-refractivity contribution in [2.24, 2.45) is 0 Å². The largest absolute Gasteiger partial charge is 0.398 e. The number of likely N-dealkylation sites (tertiary alicyclic amines) is 1. The third-order valence-electron chi connectivity index (χ3n) is 3.50. The van der Waals surface area contributed by atoms with E-state index in [1.165, 1.54) is 4.90 Å². The molecular weight excluding hydrogens is 278 g/mol. The van der Waals surface area contributed by atoms with Crippen molar-refractivity contribution in [2.75, 3.05) is 26.4 Å². The van der Waals surface area contributed by atoms with Crippen LogP contribution in [0.1, 0.15) is 23.2 Å². The summed E-state index contributed by atoms with van der Waals surface area (Å²) < 4.78 is 0.